The van der Waals surface area contributed by atoms with Crippen LogP contribution in [0.2, 0.25) is 0 Å². The topological polar surface area (TPSA) is 90.7 Å². The summed E-state index contributed by atoms with van der Waals surface area (Å²) in [4.78, 5) is 24.3. The van der Waals surface area contributed by atoms with Crippen molar-refractivity contribution in [2.24, 2.45) is 13.0 Å². The molecule has 0 unspecified atom stereocenters. The van der Waals surface area contributed by atoms with Crippen LogP contribution in [-0.2, 0) is 23.2 Å². The third-order valence-corrected chi connectivity index (χ3v) is 6.60. The molecule has 7 nitrogen and oxygen atoms in total. The molecule has 1 saturated carbocycles. The van der Waals surface area contributed by atoms with Crippen molar-refractivity contribution in [1.82, 2.24) is 9.78 Å². The van der Waals surface area contributed by atoms with Gasteiger partial charge in [-0.3, -0.25) is 9.48 Å². The van der Waals surface area contributed by atoms with Crippen molar-refractivity contribution in [3.8, 4) is 5.75 Å². The van der Waals surface area contributed by atoms with Gasteiger partial charge in [-0.1, -0.05) is 42.5 Å². The van der Waals surface area contributed by atoms with Gasteiger partial charge in [0.15, 0.2) is 0 Å². The molecule has 1 N–H and O–H groups in total. The molecule has 1 heterocycles. The molecule has 4 aromatic rings. The molecule has 5 rings (SSSR count). The molecular weight excluding hydrogens is 432 g/mol. The molecule has 34 heavy (non-hydrogen) atoms. The Kier molecular flexibility index (Phi) is 5.92. The number of fused-ring (bicyclic) bond motifs is 2. The Balaban J connectivity index is 1.21. The van der Waals surface area contributed by atoms with Crippen molar-refractivity contribution in [2.75, 3.05) is 0 Å². The summed E-state index contributed by atoms with van der Waals surface area (Å²) < 4.78 is 13.6. The third-order valence-electron chi connectivity index (χ3n) is 6.60. The smallest absolute Gasteiger partial charge is 0.335 e. The van der Waals surface area contributed by atoms with Gasteiger partial charge in [0.25, 0.3) is 0 Å². The average Bonchev–Trinajstić information content (AvgIpc) is 3.23. The number of benzene rings is 3. The fourth-order valence-electron chi connectivity index (χ4n) is 4.78. The molecule has 1 aromatic heterocycles. The zero-order valence-corrected chi connectivity index (χ0v) is 18.9. The molecule has 0 saturated heterocycles. The van der Waals surface area contributed by atoms with Gasteiger partial charge in [0, 0.05) is 12.4 Å². The van der Waals surface area contributed by atoms with Gasteiger partial charge < -0.3 is 14.6 Å². The number of carboxylic acid groups (broad SMARTS) is 1. The Labute approximate surface area is 196 Å². The van der Waals surface area contributed by atoms with Crippen LogP contribution in [0.25, 0.3) is 21.7 Å². The standard InChI is InChI=1S/C27H26N2O5/c1-29-25-21(15-28-29)13-20(26(30)31)14-24(25)34-22-11-9-18(10-12-22)27(32)33-16-19-7-4-6-17-5-2-3-8-23(17)19/h2-8,13-15,18,22H,9-12,16H2,1H3,(H,30,31). The van der Waals surface area contributed by atoms with Crippen LogP contribution in [0, 0.1) is 5.92 Å². The van der Waals surface area contributed by atoms with E-state index in [9.17, 15) is 14.7 Å². The maximum Gasteiger partial charge on any atom is 0.335 e. The highest BCUT2D eigenvalue weighted by molar-refractivity contribution is 5.96. The highest BCUT2D eigenvalue weighted by atomic mass is 16.5. The first kappa shape index (κ1) is 21.9. The predicted octanol–water partition coefficient (Wildman–Crippen LogP) is 5.11. The Morgan fingerprint density at radius 2 is 1.79 bits per heavy atom. The number of nitrogens with zero attached hydrogens (tertiary/aromatic N) is 2. The molecule has 1 aliphatic rings. The number of hydrogen-bond acceptors (Lipinski definition) is 5. The molecule has 174 valence electrons. The van der Waals surface area contributed by atoms with Gasteiger partial charge in [-0.25, -0.2) is 4.79 Å². The van der Waals surface area contributed by atoms with Gasteiger partial charge in [0.05, 0.1) is 23.8 Å². The number of aromatic nitrogens is 2. The predicted molar refractivity (Wildman–Crippen MR) is 128 cm³/mol. The number of hydrogen-bond donors (Lipinski definition) is 1. The van der Waals surface area contributed by atoms with Crippen LogP contribution >= 0.6 is 0 Å². The largest absolute Gasteiger partial charge is 0.488 e. The van der Waals surface area contributed by atoms with Gasteiger partial charge in [0.1, 0.15) is 17.9 Å². The first-order valence-electron chi connectivity index (χ1n) is 11.5. The summed E-state index contributed by atoms with van der Waals surface area (Å²) >= 11 is 0. The molecule has 7 heteroatoms. The van der Waals surface area contributed by atoms with E-state index in [1.54, 1.807) is 30.1 Å². The average molecular weight is 459 g/mol. The van der Waals surface area contributed by atoms with Crippen molar-refractivity contribution in [1.29, 1.82) is 0 Å². The van der Waals surface area contributed by atoms with Crippen LogP contribution < -0.4 is 4.74 Å². The number of carboxylic acids is 1. The summed E-state index contributed by atoms with van der Waals surface area (Å²) in [7, 11) is 1.80. The van der Waals surface area contributed by atoms with E-state index < -0.39 is 5.97 Å². The van der Waals surface area contributed by atoms with E-state index in [4.69, 9.17) is 9.47 Å². The molecule has 0 spiro atoms. The van der Waals surface area contributed by atoms with Gasteiger partial charge in [-0.15, -0.1) is 0 Å². The zero-order chi connectivity index (χ0) is 23.7. The maximum atomic E-state index is 12.7. The Hall–Kier alpha value is -3.87. The van der Waals surface area contributed by atoms with Crippen molar-refractivity contribution < 1.29 is 24.2 Å². The van der Waals surface area contributed by atoms with E-state index >= 15 is 0 Å². The van der Waals surface area contributed by atoms with Crippen LogP contribution in [-0.4, -0.2) is 32.9 Å². The molecular formula is C27H26N2O5. The Morgan fingerprint density at radius 1 is 1.03 bits per heavy atom. The number of rotatable bonds is 6. The van der Waals surface area contributed by atoms with Crippen LogP contribution in [0.15, 0.2) is 60.8 Å². The lowest BCUT2D eigenvalue weighted by atomic mass is 9.87. The minimum atomic E-state index is -1.01. The lowest BCUT2D eigenvalue weighted by Crippen LogP contribution is -2.29. The van der Waals surface area contributed by atoms with Gasteiger partial charge in [-0.05, 0) is 54.2 Å². The molecule has 3 aromatic carbocycles. The van der Waals surface area contributed by atoms with E-state index in [0.29, 0.717) is 31.4 Å². The lowest BCUT2D eigenvalue weighted by molar-refractivity contribution is -0.151. The van der Waals surface area contributed by atoms with Gasteiger partial charge >= 0.3 is 11.9 Å². The van der Waals surface area contributed by atoms with Crippen LogP contribution in [0.1, 0.15) is 41.6 Å². The van der Waals surface area contributed by atoms with Gasteiger partial charge in [0.2, 0.25) is 0 Å². The summed E-state index contributed by atoms with van der Waals surface area (Å²) in [6.45, 7) is 0.261. The van der Waals surface area contributed by atoms with Crippen molar-refractivity contribution in [3.63, 3.8) is 0 Å². The van der Waals surface area contributed by atoms with E-state index in [1.807, 2.05) is 42.5 Å². The van der Waals surface area contributed by atoms with Crippen molar-refractivity contribution >= 4 is 33.6 Å². The molecule has 1 fully saturated rings. The minimum absolute atomic E-state index is 0.0933. The van der Waals surface area contributed by atoms with E-state index in [0.717, 1.165) is 27.2 Å². The summed E-state index contributed by atoms with van der Waals surface area (Å²) in [5.74, 6) is -0.824. The van der Waals surface area contributed by atoms with E-state index in [-0.39, 0.29) is 30.2 Å². The summed E-state index contributed by atoms with van der Waals surface area (Å²) in [5, 5.41) is 16.6. The lowest BCUT2D eigenvalue weighted by Gasteiger charge is -2.28. The fourth-order valence-corrected chi connectivity index (χ4v) is 4.78. The molecule has 1 aliphatic carbocycles. The Bertz CT molecular complexity index is 1360. The normalized spacial score (nSPS) is 18.1. The fraction of sp³-hybridized carbons (Fsp3) is 0.296. The SMILES string of the molecule is Cn1ncc2cc(C(=O)O)cc(OC3CCC(C(=O)OCc4cccc5ccccc45)CC3)c21. The number of carbonyl (C=O) groups excluding carboxylic acids is 1. The molecule has 0 amide bonds. The third kappa shape index (κ3) is 4.33. The van der Waals surface area contributed by atoms with Crippen LogP contribution in [0.5, 0.6) is 5.75 Å². The highest BCUT2D eigenvalue weighted by Crippen LogP contribution is 2.33. The molecule has 0 radical (unpaired) electrons. The number of ether oxygens (including phenoxy) is 2. The number of esters is 1. The number of aromatic carboxylic acids is 1. The monoisotopic (exact) mass is 458 g/mol. The molecule has 0 bridgehead atoms. The summed E-state index contributed by atoms with van der Waals surface area (Å²) in [6.07, 6.45) is 4.29. The first-order chi connectivity index (χ1) is 16.5. The summed E-state index contributed by atoms with van der Waals surface area (Å²) in [5.41, 5.74) is 1.93. The van der Waals surface area contributed by atoms with E-state index in [2.05, 4.69) is 5.10 Å². The first-order valence-corrected chi connectivity index (χ1v) is 11.5. The Morgan fingerprint density at radius 3 is 2.59 bits per heavy atom. The van der Waals surface area contributed by atoms with Crippen molar-refractivity contribution in [2.45, 2.75) is 38.4 Å². The second-order valence-electron chi connectivity index (χ2n) is 8.82. The van der Waals surface area contributed by atoms with E-state index in [1.165, 1.54) is 0 Å². The molecule has 0 atom stereocenters. The minimum Gasteiger partial charge on any atom is -0.488 e. The van der Waals surface area contributed by atoms with Crippen LogP contribution in [0.4, 0.5) is 0 Å². The summed E-state index contributed by atoms with van der Waals surface area (Å²) in [6, 6.07) is 17.2. The number of aryl methyl sites for hydroxylation is 1. The van der Waals surface area contributed by atoms with Crippen LogP contribution in [0.3, 0.4) is 0 Å². The zero-order valence-electron chi connectivity index (χ0n) is 18.9. The van der Waals surface area contributed by atoms with Gasteiger partial charge in [-0.2, -0.15) is 5.10 Å². The second-order valence-corrected chi connectivity index (χ2v) is 8.82. The molecule has 0 aliphatic heterocycles. The second kappa shape index (κ2) is 9.17. The highest BCUT2D eigenvalue weighted by Gasteiger charge is 2.29. The van der Waals surface area contributed by atoms with Crippen molar-refractivity contribution in [3.05, 3.63) is 71.9 Å². The maximum absolute atomic E-state index is 12.7. The number of carbonyl (C=O) groups is 2. The quantitative estimate of drug-likeness (QED) is 0.404.